The maximum atomic E-state index is 11.0. The van der Waals surface area contributed by atoms with Crippen LogP contribution in [0.3, 0.4) is 0 Å². The van der Waals surface area contributed by atoms with Gasteiger partial charge in [-0.05, 0) is 58.4 Å². The minimum absolute atomic E-state index is 0.573. The Morgan fingerprint density at radius 1 is 1.31 bits per heavy atom. The summed E-state index contributed by atoms with van der Waals surface area (Å²) in [5.74, 6) is 0.239. The van der Waals surface area contributed by atoms with Crippen LogP contribution >= 0.6 is 0 Å². The first-order valence-corrected chi connectivity index (χ1v) is 6.46. The van der Waals surface area contributed by atoms with E-state index in [1.165, 1.54) is 32.2 Å². The third kappa shape index (κ3) is 3.21. The van der Waals surface area contributed by atoms with Gasteiger partial charge < -0.3 is 10.0 Å². The van der Waals surface area contributed by atoms with Crippen molar-refractivity contribution in [2.24, 2.45) is 11.3 Å². The van der Waals surface area contributed by atoms with Gasteiger partial charge in [-0.1, -0.05) is 0 Å². The first kappa shape index (κ1) is 11.9. The number of rotatable bonds is 7. The third-order valence-electron chi connectivity index (χ3n) is 3.86. The van der Waals surface area contributed by atoms with Gasteiger partial charge in [0.15, 0.2) is 0 Å². The Morgan fingerprint density at radius 2 is 1.94 bits per heavy atom. The molecule has 0 aromatic rings. The van der Waals surface area contributed by atoms with Gasteiger partial charge in [-0.15, -0.1) is 0 Å². The Hall–Kier alpha value is -0.570. The van der Waals surface area contributed by atoms with Crippen molar-refractivity contribution in [1.82, 2.24) is 4.90 Å². The van der Waals surface area contributed by atoms with E-state index in [1.54, 1.807) is 0 Å². The normalized spacial score (nSPS) is 21.4. The average molecular weight is 225 g/mol. The molecule has 0 radical (unpaired) electrons. The van der Waals surface area contributed by atoms with E-state index in [4.69, 9.17) is 5.11 Å². The molecule has 3 nitrogen and oxygen atoms in total. The second-order valence-electron chi connectivity index (χ2n) is 6.11. The largest absolute Gasteiger partial charge is 0.481 e. The van der Waals surface area contributed by atoms with Crippen LogP contribution in [0.25, 0.3) is 0 Å². The zero-order valence-electron chi connectivity index (χ0n) is 10.4. The van der Waals surface area contributed by atoms with Crippen LogP contribution in [0.4, 0.5) is 0 Å². The van der Waals surface area contributed by atoms with Crippen LogP contribution in [0.1, 0.15) is 46.0 Å². The van der Waals surface area contributed by atoms with E-state index in [2.05, 4.69) is 4.90 Å². The van der Waals surface area contributed by atoms with Gasteiger partial charge in [0.05, 0.1) is 5.41 Å². The number of carboxylic acid groups (broad SMARTS) is 1. The smallest absolute Gasteiger partial charge is 0.309 e. The molecule has 2 aliphatic rings. The van der Waals surface area contributed by atoms with Crippen LogP contribution in [0.15, 0.2) is 0 Å². The van der Waals surface area contributed by atoms with Crippen molar-refractivity contribution in [3.8, 4) is 0 Å². The van der Waals surface area contributed by atoms with Crippen molar-refractivity contribution >= 4 is 5.97 Å². The van der Waals surface area contributed by atoms with Crippen LogP contribution < -0.4 is 0 Å². The molecule has 1 N–H and O–H groups in total. The average Bonchev–Trinajstić information content (AvgIpc) is 3.02. The van der Waals surface area contributed by atoms with E-state index in [1.807, 2.05) is 13.8 Å². The van der Waals surface area contributed by atoms with Crippen molar-refractivity contribution in [3.63, 3.8) is 0 Å². The number of carbonyl (C=O) groups is 1. The van der Waals surface area contributed by atoms with Gasteiger partial charge in [0.25, 0.3) is 0 Å². The van der Waals surface area contributed by atoms with Crippen molar-refractivity contribution < 1.29 is 9.90 Å². The maximum absolute atomic E-state index is 11.0. The van der Waals surface area contributed by atoms with Crippen LogP contribution in [-0.2, 0) is 4.79 Å². The molecular formula is C13H23NO2. The van der Waals surface area contributed by atoms with Crippen molar-refractivity contribution in [2.45, 2.75) is 52.0 Å². The van der Waals surface area contributed by atoms with Crippen molar-refractivity contribution in [1.29, 1.82) is 0 Å². The third-order valence-corrected chi connectivity index (χ3v) is 3.86. The molecule has 0 saturated heterocycles. The summed E-state index contributed by atoms with van der Waals surface area (Å²) in [6.45, 7) is 5.83. The Kier molecular flexibility index (Phi) is 3.24. The predicted octanol–water partition coefficient (Wildman–Crippen LogP) is 2.36. The molecule has 2 rings (SSSR count). The van der Waals surface area contributed by atoms with E-state index in [0.29, 0.717) is 0 Å². The Bertz CT molecular complexity index is 267. The molecule has 0 aliphatic heterocycles. The highest BCUT2D eigenvalue weighted by molar-refractivity contribution is 5.73. The van der Waals surface area contributed by atoms with Gasteiger partial charge >= 0.3 is 5.97 Å². The Balaban J connectivity index is 1.78. The summed E-state index contributed by atoms with van der Waals surface area (Å²) in [6.07, 6.45) is 6.17. The predicted molar refractivity (Wildman–Crippen MR) is 63.4 cm³/mol. The van der Waals surface area contributed by atoms with E-state index in [0.717, 1.165) is 24.9 Å². The number of nitrogens with zero attached hydrogens (tertiary/aromatic N) is 1. The number of hydrogen-bond donors (Lipinski definition) is 1. The van der Waals surface area contributed by atoms with E-state index in [-0.39, 0.29) is 0 Å². The molecule has 0 atom stereocenters. The van der Waals surface area contributed by atoms with Gasteiger partial charge in [-0.2, -0.15) is 0 Å². The van der Waals surface area contributed by atoms with Crippen LogP contribution in [0.2, 0.25) is 0 Å². The molecule has 0 unspecified atom stereocenters. The molecule has 0 amide bonds. The minimum Gasteiger partial charge on any atom is -0.481 e. The van der Waals surface area contributed by atoms with E-state index >= 15 is 0 Å². The molecule has 3 heteroatoms. The lowest BCUT2D eigenvalue weighted by atomic mass is 9.89. The summed E-state index contributed by atoms with van der Waals surface area (Å²) < 4.78 is 0. The van der Waals surface area contributed by atoms with Gasteiger partial charge in [-0.25, -0.2) is 0 Å². The minimum atomic E-state index is -0.672. The molecule has 0 heterocycles. The Labute approximate surface area is 97.8 Å². The van der Waals surface area contributed by atoms with Crippen LogP contribution in [0.5, 0.6) is 0 Å². The lowest BCUT2D eigenvalue weighted by molar-refractivity contribution is -0.147. The van der Waals surface area contributed by atoms with E-state index < -0.39 is 11.4 Å². The molecule has 0 spiro atoms. The SMILES string of the molecule is CC(C)(CCN(CC1CC1)C1CC1)C(=O)O. The van der Waals surface area contributed by atoms with Gasteiger partial charge in [-0.3, -0.25) is 4.79 Å². The summed E-state index contributed by atoms with van der Waals surface area (Å²) in [4.78, 5) is 13.6. The quantitative estimate of drug-likeness (QED) is 0.723. The molecule has 16 heavy (non-hydrogen) atoms. The molecule has 2 fully saturated rings. The zero-order chi connectivity index (χ0) is 11.8. The highest BCUT2D eigenvalue weighted by Gasteiger charge is 2.35. The summed E-state index contributed by atoms with van der Waals surface area (Å²) in [7, 11) is 0. The number of hydrogen-bond acceptors (Lipinski definition) is 2. The summed E-state index contributed by atoms with van der Waals surface area (Å²) in [5.41, 5.74) is -0.573. The van der Waals surface area contributed by atoms with Crippen molar-refractivity contribution in [2.75, 3.05) is 13.1 Å². The second-order valence-corrected chi connectivity index (χ2v) is 6.11. The van der Waals surface area contributed by atoms with Crippen LogP contribution in [0, 0.1) is 11.3 Å². The lowest BCUT2D eigenvalue weighted by Gasteiger charge is -2.26. The fourth-order valence-electron chi connectivity index (χ4n) is 2.02. The molecule has 2 saturated carbocycles. The lowest BCUT2D eigenvalue weighted by Crippen LogP contribution is -2.34. The highest BCUT2D eigenvalue weighted by Crippen LogP contribution is 2.35. The summed E-state index contributed by atoms with van der Waals surface area (Å²) in [5, 5.41) is 9.08. The molecule has 0 bridgehead atoms. The van der Waals surface area contributed by atoms with E-state index in [9.17, 15) is 4.79 Å². The highest BCUT2D eigenvalue weighted by atomic mass is 16.4. The Morgan fingerprint density at radius 3 is 2.38 bits per heavy atom. The molecule has 92 valence electrons. The fraction of sp³-hybridized carbons (Fsp3) is 0.923. The fourth-order valence-corrected chi connectivity index (χ4v) is 2.02. The summed E-state index contributed by atoms with van der Waals surface area (Å²) in [6, 6.07) is 0.769. The van der Waals surface area contributed by atoms with Crippen molar-refractivity contribution in [3.05, 3.63) is 0 Å². The first-order chi connectivity index (χ1) is 7.49. The topological polar surface area (TPSA) is 40.5 Å². The van der Waals surface area contributed by atoms with Gasteiger partial charge in [0.2, 0.25) is 0 Å². The molecule has 0 aromatic carbocycles. The summed E-state index contributed by atoms with van der Waals surface area (Å²) >= 11 is 0. The van der Waals surface area contributed by atoms with Gasteiger partial charge in [0.1, 0.15) is 0 Å². The zero-order valence-corrected chi connectivity index (χ0v) is 10.4. The first-order valence-electron chi connectivity index (χ1n) is 6.46. The maximum Gasteiger partial charge on any atom is 0.309 e. The monoisotopic (exact) mass is 225 g/mol. The van der Waals surface area contributed by atoms with Crippen LogP contribution in [-0.4, -0.2) is 35.1 Å². The second kappa shape index (κ2) is 4.36. The number of carboxylic acids is 1. The standard InChI is InChI=1S/C13H23NO2/c1-13(2,12(15)16)7-8-14(11-5-6-11)9-10-3-4-10/h10-11H,3-9H2,1-2H3,(H,15,16). The van der Waals surface area contributed by atoms with Gasteiger partial charge in [0, 0.05) is 12.6 Å². The molecular weight excluding hydrogens is 202 g/mol. The molecule has 2 aliphatic carbocycles. The number of aliphatic carboxylic acids is 1. The molecule has 0 aromatic heterocycles.